The topological polar surface area (TPSA) is 12.0 Å². The van der Waals surface area contributed by atoms with Crippen molar-refractivity contribution in [2.75, 3.05) is 6.54 Å². The van der Waals surface area contributed by atoms with Crippen LogP contribution in [0.25, 0.3) is 0 Å². The summed E-state index contributed by atoms with van der Waals surface area (Å²) >= 11 is 0. The smallest absolute Gasteiger partial charge is 0.0369 e. The summed E-state index contributed by atoms with van der Waals surface area (Å²) in [7, 11) is 0. The van der Waals surface area contributed by atoms with Gasteiger partial charge in [0.25, 0.3) is 0 Å². The van der Waals surface area contributed by atoms with Crippen LogP contribution in [0.2, 0.25) is 0 Å². The molecule has 1 rings (SSSR count). The maximum Gasteiger partial charge on any atom is 0.0369 e. The number of unbranched alkanes of at least 4 members (excludes halogenated alkanes) is 2. The van der Waals surface area contributed by atoms with Gasteiger partial charge in [-0.05, 0) is 23.9 Å². The Morgan fingerprint density at radius 1 is 1.06 bits per heavy atom. The third-order valence-corrected chi connectivity index (χ3v) is 3.13. The first-order chi connectivity index (χ1) is 8.05. The molecule has 0 aliphatic heterocycles. The van der Waals surface area contributed by atoms with Gasteiger partial charge in [0.2, 0.25) is 0 Å². The summed E-state index contributed by atoms with van der Waals surface area (Å²) in [4.78, 5) is 0. The lowest BCUT2D eigenvalue weighted by Crippen LogP contribution is -2.33. The Hall–Kier alpha value is -0.820. The van der Waals surface area contributed by atoms with Crippen LogP contribution in [-0.4, -0.2) is 6.54 Å². The normalized spacial score (nSPS) is 13.6. The molecule has 0 aliphatic carbocycles. The van der Waals surface area contributed by atoms with Crippen molar-refractivity contribution in [3.05, 3.63) is 35.9 Å². The Balaban J connectivity index is 2.63. The molecule has 1 atom stereocenters. The molecule has 17 heavy (non-hydrogen) atoms. The van der Waals surface area contributed by atoms with Crippen molar-refractivity contribution >= 4 is 0 Å². The van der Waals surface area contributed by atoms with Gasteiger partial charge in [0, 0.05) is 6.04 Å². The van der Waals surface area contributed by atoms with Gasteiger partial charge >= 0.3 is 0 Å². The summed E-state index contributed by atoms with van der Waals surface area (Å²) in [5.74, 6) is 0. The highest BCUT2D eigenvalue weighted by atomic mass is 14.9. The molecule has 0 radical (unpaired) electrons. The van der Waals surface area contributed by atoms with Crippen LogP contribution < -0.4 is 5.32 Å². The minimum Gasteiger partial charge on any atom is -0.309 e. The van der Waals surface area contributed by atoms with E-state index in [0.29, 0.717) is 6.04 Å². The molecule has 0 fully saturated rings. The maximum atomic E-state index is 3.71. The Morgan fingerprint density at radius 2 is 1.71 bits per heavy atom. The Labute approximate surface area is 107 Å². The minimum atomic E-state index is 0.258. The molecule has 1 heteroatoms. The van der Waals surface area contributed by atoms with Gasteiger partial charge < -0.3 is 5.32 Å². The van der Waals surface area contributed by atoms with E-state index < -0.39 is 0 Å². The first-order valence-corrected chi connectivity index (χ1v) is 6.84. The highest BCUT2D eigenvalue weighted by Crippen LogP contribution is 2.32. The summed E-state index contributed by atoms with van der Waals surface area (Å²) in [6.07, 6.45) is 3.88. The van der Waals surface area contributed by atoms with Crippen LogP contribution in [0.3, 0.4) is 0 Å². The second kappa shape index (κ2) is 6.80. The Bertz CT molecular complexity index is 297. The molecule has 0 amide bonds. The van der Waals surface area contributed by atoms with E-state index in [1.54, 1.807) is 0 Å². The number of benzene rings is 1. The number of nitrogens with one attached hydrogen (secondary N) is 1. The Kier molecular flexibility index (Phi) is 5.70. The minimum absolute atomic E-state index is 0.258. The van der Waals surface area contributed by atoms with Crippen molar-refractivity contribution in [1.82, 2.24) is 5.32 Å². The molecule has 0 aliphatic rings. The van der Waals surface area contributed by atoms with Crippen molar-refractivity contribution in [3.63, 3.8) is 0 Å². The van der Waals surface area contributed by atoms with Crippen molar-refractivity contribution in [2.24, 2.45) is 5.41 Å². The highest BCUT2D eigenvalue weighted by molar-refractivity contribution is 5.20. The van der Waals surface area contributed by atoms with E-state index in [-0.39, 0.29) is 5.41 Å². The van der Waals surface area contributed by atoms with Crippen molar-refractivity contribution < 1.29 is 0 Å². The molecule has 0 heterocycles. The van der Waals surface area contributed by atoms with Crippen LogP contribution in [0.15, 0.2) is 30.3 Å². The van der Waals surface area contributed by atoms with E-state index in [4.69, 9.17) is 0 Å². The number of rotatable bonds is 6. The quantitative estimate of drug-likeness (QED) is 0.711. The lowest BCUT2D eigenvalue weighted by molar-refractivity contribution is 0.271. The van der Waals surface area contributed by atoms with Crippen LogP contribution in [0.1, 0.15) is 58.6 Å². The highest BCUT2D eigenvalue weighted by Gasteiger charge is 2.25. The molecule has 1 nitrogen and oxygen atoms in total. The Morgan fingerprint density at radius 3 is 2.24 bits per heavy atom. The third-order valence-electron chi connectivity index (χ3n) is 3.13. The molecular weight excluding hydrogens is 206 g/mol. The van der Waals surface area contributed by atoms with Gasteiger partial charge in [0.1, 0.15) is 0 Å². The average molecular weight is 233 g/mol. The van der Waals surface area contributed by atoms with E-state index in [1.807, 2.05) is 0 Å². The van der Waals surface area contributed by atoms with E-state index in [9.17, 15) is 0 Å². The van der Waals surface area contributed by atoms with Crippen molar-refractivity contribution in [2.45, 2.75) is 53.0 Å². The SMILES string of the molecule is CCCCCNC(c1ccccc1)C(C)(C)C. The van der Waals surface area contributed by atoms with Gasteiger partial charge in [-0.1, -0.05) is 70.9 Å². The van der Waals surface area contributed by atoms with Crippen LogP contribution in [-0.2, 0) is 0 Å². The zero-order chi connectivity index (χ0) is 12.7. The molecule has 0 spiro atoms. The second-order valence-electron chi connectivity index (χ2n) is 5.87. The summed E-state index contributed by atoms with van der Waals surface area (Å²) in [5, 5.41) is 3.71. The monoisotopic (exact) mass is 233 g/mol. The molecule has 1 aromatic rings. The molecule has 96 valence electrons. The number of hydrogen-bond acceptors (Lipinski definition) is 1. The van der Waals surface area contributed by atoms with Gasteiger partial charge in [-0.2, -0.15) is 0 Å². The third kappa shape index (κ3) is 4.91. The van der Waals surface area contributed by atoms with E-state index in [0.717, 1.165) is 6.54 Å². The zero-order valence-electron chi connectivity index (χ0n) is 11.8. The molecule has 1 aromatic carbocycles. The molecule has 1 unspecified atom stereocenters. The van der Waals surface area contributed by atoms with Crippen LogP contribution in [0, 0.1) is 5.41 Å². The molecule has 0 aromatic heterocycles. The maximum absolute atomic E-state index is 3.71. The fraction of sp³-hybridized carbons (Fsp3) is 0.625. The van der Waals surface area contributed by atoms with Crippen molar-refractivity contribution in [3.8, 4) is 0 Å². The van der Waals surface area contributed by atoms with Gasteiger partial charge in [-0.15, -0.1) is 0 Å². The first kappa shape index (κ1) is 14.2. The van der Waals surface area contributed by atoms with E-state index in [2.05, 4.69) is 63.3 Å². The van der Waals surface area contributed by atoms with Gasteiger partial charge in [-0.3, -0.25) is 0 Å². The first-order valence-electron chi connectivity index (χ1n) is 6.84. The van der Waals surface area contributed by atoms with E-state index in [1.165, 1.54) is 24.8 Å². The van der Waals surface area contributed by atoms with E-state index >= 15 is 0 Å². The number of hydrogen-bond donors (Lipinski definition) is 1. The molecular formula is C16H27N. The fourth-order valence-corrected chi connectivity index (χ4v) is 2.19. The van der Waals surface area contributed by atoms with Gasteiger partial charge in [-0.25, -0.2) is 0 Å². The van der Waals surface area contributed by atoms with Crippen LogP contribution in [0.4, 0.5) is 0 Å². The molecule has 1 N–H and O–H groups in total. The lowest BCUT2D eigenvalue weighted by Gasteiger charge is -2.32. The predicted molar refractivity (Wildman–Crippen MR) is 76.2 cm³/mol. The fourth-order valence-electron chi connectivity index (χ4n) is 2.19. The molecule has 0 saturated heterocycles. The average Bonchev–Trinajstić information content (AvgIpc) is 2.28. The van der Waals surface area contributed by atoms with Gasteiger partial charge in [0.05, 0.1) is 0 Å². The van der Waals surface area contributed by atoms with Crippen LogP contribution in [0.5, 0.6) is 0 Å². The predicted octanol–water partition coefficient (Wildman–Crippen LogP) is 4.55. The summed E-state index contributed by atoms with van der Waals surface area (Å²) < 4.78 is 0. The van der Waals surface area contributed by atoms with Crippen molar-refractivity contribution in [1.29, 1.82) is 0 Å². The van der Waals surface area contributed by atoms with Crippen LogP contribution >= 0.6 is 0 Å². The van der Waals surface area contributed by atoms with Gasteiger partial charge in [0.15, 0.2) is 0 Å². The molecule has 0 bridgehead atoms. The standard InChI is InChI=1S/C16H27N/c1-5-6-10-13-17-15(16(2,3)4)14-11-8-7-9-12-14/h7-9,11-12,15,17H,5-6,10,13H2,1-4H3. The second-order valence-corrected chi connectivity index (χ2v) is 5.87. The summed E-state index contributed by atoms with van der Waals surface area (Å²) in [5.41, 5.74) is 1.66. The summed E-state index contributed by atoms with van der Waals surface area (Å²) in [6.45, 7) is 10.3. The summed E-state index contributed by atoms with van der Waals surface area (Å²) in [6, 6.07) is 11.2. The zero-order valence-corrected chi connectivity index (χ0v) is 11.8. The molecule has 0 saturated carbocycles. The lowest BCUT2D eigenvalue weighted by atomic mass is 9.82. The largest absolute Gasteiger partial charge is 0.309 e.